The van der Waals surface area contributed by atoms with Crippen molar-refractivity contribution in [3.05, 3.63) is 41.2 Å². The molecule has 7 nitrogen and oxygen atoms in total. The van der Waals surface area contributed by atoms with Gasteiger partial charge < -0.3 is 4.57 Å². The van der Waals surface area contributed by atoms with Crippen molar-refractivity contribution >= 4 is 22.1 Å². The van der Waals surface area contributed by atoms with Crippen molar-refractivity contribution in [1.82, 2.24) is 34.4 Å². The van der Waals surface area contributed by atoms with Gasteiger partial charge in [-0.1, -0.05) is 31.5 Å². The number of nitrogens with zero attached hydrogens (tertiary/aromatic N) is 7. The highest BCUT2D eigenvalue weighted by atomic mass is 15.4. The van der Waals surface area contributed by atoms with Crippen LogP contribution in [0.25, 0.3) is 28.0 Å². The van der Waals surface area contributed by atoms with Crippen molar-refractivity contribution in [1.29, 1.82) is 0 Å². The standard InChI is InChI=1S/C26H37N7/c1-8-9-12-21-19(6)30-33(20(21)7)26-27-25-24(28-29-26)22-13-10-11-14-23(22)32(25)16-15-31(17(2)3)18(4)5/h10-11,13-14,17-18H,8-9,12,15-16H2,1-7H3. The summed E-state index contributed by atoms with van der Waals surface area (Å²) in [6, 6.07) is 9.36. The van der Waals surface area contributed by atoms with Crippen LogP contribution < -0.4 is 0 Å². The van der Waals surface area contributed by atoms with Crippen LogP contribution in [0.4, 0.5) is 0 Å². The smallest absolute Gasteiger partial charge is 0.272 e. The van der Waals surface area contributed by atoms with Crippen LogP contribution in [0.1, 0.15) is 64.4 Å². The first-order valence-electron chi connectivity index (χ1n) is 12.3. The Morgan fingerprint density at radius 1 is 1.00 bits per heavy atom. The van der Waals surface area contributed by atoms with E-state index in [1.54, 1.807) is 0 Å². The molecule has 0 aliphatic heterocycles. The van der Waals surface area contributed by atoms with Gasteiger partial charge in [0.1, 0.15) is 5.52 Å². The molecule has 0 aliphatic carbocycles. The summed E-state index contributed by atoms with van der Waals surface area (Å²) in [5.41, 5.74) is 6.32. The van der Waals surface area contributed by atoms with Gasteiger partial charge in [-0.05, 0) is 66.0 Å². The highest BCUT2D eigenvalue weighted by Gasteiger charge is 2.20. The molecule has 0 bridgehead atoms. The maximum atomic E-state index is 5.02. The number of para-hydroxylation sites is 1. The molecule has 0 unspecified atom stereocenters. The third-order valence-corrected chi connectivity index (χ3v) is 6.68. The average Bonchev–Trinajstić information content (AvgIpc) is 3.25. The predicted octanol–water partition coefficient (Wildman–Crippen LogP) is 5.24. The van der Waals surface area contributed by atoms with E-state index in [0.29, 0.717) is 18.0 Å². The number of fused-ring (bicyclic) bond motifs is 3. The van der Waals surface area contributed by atoms with Gasteiger partial charge in [-0.25, -0.2) is 4.68 Å². The number of hydrogen-bond acceptors (Lipinski definition) is 5. The Hall–Kier alpha value is -2.80. The van der Waals surface area contributed by atoms with Crippen LogP contribution >= 0.6 is 0 Å². The Bertz CT molecular complexity index is 1240. The second kappa shape index (κ2) is 9.59. The largest absolute Gasteiger partial charge is 0.322 e. The quantitative estimate of drug-likeness (QED) is 0.351. The van der Waals surface area contributed by atoms with E-state index in [9.17, 15) is 0 Å². The first-order chi connectivity index (χ1) is 15.8. The summed E-state index contributed by atoms with van der Waals surface area (Å²) in [6.45, 7) is 17.2. The first kappa shape index (κ1) is 23.4. The fourth-order valence-electron chi connectivity index (χ4n) is 4.92. The third-order valence-electron chi connectivity index (χ3n) is 6.68. The lowest BCUT2D eigenvalue weighted by Gasteiger charge is -2.30. The number of aryl methyl sites for hydroxylation is 1. The Balaban J connectivity index is 1.80. The van der Waals surface area contributed by atoms with Crippen LogP contribution in [0, 0.1) is 13.8 Å². The molecule has 4 rings (SSSR count). The lowest BCUT2D eigenvalue weighted by molar-refractivity contribution is 0.169. The van der Waals surface area contributed by atoms with E-state index in [1.807, 2.05) is 4.68 Å². The number of benzene rings is 1. The molecule has 0 saturated carbocycles. The normalized spacial score (nSPS) is 12.3. The van der Waals surface area contributed by atoms with Crippen LogP contribution in [0.15, 0.2) is 24.3 Å². The molecule has 0 saturated heterocycles. The van der Waals surface area contributed by atoms with Gasteiger partial charge >= 0.3 is 0 Å². The Kier molecular flexibility index (Phi) is 6.79. The Labute approximate surface area is 196 Å². The average molecular weight is 448 g/mol. The monoisotopic (exact) mass is 447 g/mol. The summed E-state index contributed by atoms with van der Waals surface area (Å²) < 4.78 is 4.16. The summed E-state index contributed by atoms with van der Waals surface area (Å²) in [4.78, 5) is 7.53. The summed E-state index contributed by atoms with van der Waals surface area (Å²) >= 11 is 0. The molecule has 0 radical (unpaired) electrons. The van der Waals surface area contributed by atoms with Crippen LogP contribution in [-0.4, -0.2) is 53.1 Å². The molecule has 176 valence electrons. The lowest BCUT2D eigenvalue weighted by atomic mass is 10.1. The van der Waals surface area contributed by atoms with E-state index in [4.69, 9.17) is 10.1 Å². The van der Waals surface area contributed by atoms with Crippen molar-refractivity contribution in [3.8, 4) is 5.95 Å². The Morgan fingerprint density at radius 2 is 1.73 bits per heavy atom. The van der Waals surface area contributed by atoms with Crippen molar-refractivity contribution in [2.75, 3.05) is 6.54 Å². The molecule has 0 spiro atoms. The molecule has 4 aromatic rings. The SMILES string of the molecule is CCCCc1c(C)nn(-c2nnc3c4ccccc4n(CCN(C(C)C)C(C)C)c3n2)c1C. The van der Waals surface area contributed by atoms with Crippen molar-refractivity contribution in [3.63, 3.8) is 0 Å². The summed E-state index contributed by atoms with van der Waals surface area (Å²) in [5, 5.41) is 15.0. The molecule has 0 atom stereocenters. The third kappa shape index (κ3) is 4.38. The minimum absolute atomic E-state index is 0.484. The minimum Gasteiger partial charge on any atom is -0.322 e. The number of aromatic nitrogens is 6. The number of rotatable bonds is 9. The number of unbranched alkanes of at least 4 members (excludes halogenated alkanes) is 1. The van der Waals surface area contributed by atoms with E-state index in [1.165, 1.54) is 5.56 Å². The Morgan fingerprint density at radius 3 is 2.42 bits per heavy atom. The second-order valence-corrected chi connectivity index (χ2v) is 9.54. The highest BCUT2D eigenvalue weighted by molar-refractivity contribution is 6.04. The van der Waals surface area contributed by atoms with Crippen molar-refractivity contribution < 1.29 is 0 Å². The van der Waals surface area contributed by atoms with Gasteiger partial charge in [-0.3, -0.25) is 4.90 Å². The highest BCUT2D eigenvalue weighted by Crippen LogP contribution is 2.27. The summed E-state index contributed by atoms with van der Waals surface area (Å²) in [7, 11) is 0. The minimum atomic E-state index is 0.484. The topological polar surface area (TPSA) is 64.7 Å². The van der Waals surface area contributed by atoms with Gasteiger partial charge in [0.2, 0.25) is 0 Å². The molecule has 0 amide bonds. The van der Waals surface area contributed by atoms with Gasteiger partial charge in [0.05, 0.1) is 11.2 Å². The molecule has 3 aromatic heterocycles. The van der Waals surface area contributed by atoms with Crippen LogP contribution in [0.2, 0.25) is 0 Å². The van der Waals surface area contributed by atoms with Crippen molar-refractivity contribution in [2.45, 2.75) is 86.4 Å². The summed E-state index contributed by atoms with van der Waals surface area (Å²) in [5.74, 6) is 0.541. The first-order valence-corrected chi connectivity index (χ1v) is 12.3. The van der Waals surface area contributed by atoms with Gasteiger partial charge in [0, 0.05) is 36.3 Å². The molecule has 3 heterocycles. The molecule has 1 aromatic carbocycles. The fourth-order valence-corrected chi connectivity index (χ4v) is 4.92. The molecule has 7 heteroatoms. The van der Waals surface area contributed by atoms with Gasteiger partial charge in [0.25, 0.3) is 5.95 Å². The van der Waals surface area contributed by atoms with Gasteiger partial charge in [-0.15, -0.1) is 10.2 Å². The van der Waals surface area contributed by atoms with E-state index >= 15 is 0 Å². The maximum absolute atomic E-state index is 5.02. The predicted molar refractivity (Wildman–Crippen MR) is 135 cm³/mol. The molecule has 0 fully saturated rings. The second-order valence-electron chi connectivity index (χ2n) is 9.54. The summed E-state index contributed by atoms with van der Waals surface area (Å²) in [6.07, 6.45) is 3.35. The maximum Gasteiger partial charge on any atom is 0.272 e. The van der Waals surface area contributed by atoms with Crippen LogP contribution in [-0.2, 0) is 13.0 Å². The fraction of sp³-hybridized carbons (Fsp3) is 0.538. The van der Waals surface area contributed by atoms with Crippen LogP contribution in [0.3, 0.4) is 0 Å². The lowest BCUT2D eigenvalue weighted by Crippen LogP contribution is -2.39. The molecular formula is C26H37N7. The van der Waals surface area contributed by atoms with Gasteiger partial charge in [-0.2, -0.15) is 10.1 Å². The molecule has 0 aliphatic rings. The zero-order valence-corrected chi connectivity index (χ0v) is 21.1. The van der Waals surface area contributed by atoms with Crippen LogP contribution in [0.5, 0.6) is 0 Å². The molecule has 33 heavy (non-hydrogen) atoms. The van der Waals surface area contributed by atoms with Crippen molar-refractivity contribution in [2.24, 2.45) is 0 Å². The van der Waals surface area contributed by atoms with E-state index in [0.717, 1.165) is 65.8 Å². The molecule has 0 N–H and O–H groups in total. The molecular weight excluding hydrogens is 410 g/mol. The van der Waals surface area contributed by atoms with E-state index in [2.05, 4.69) is 92.4 Å². The zero-order valence-electron chi connectivity index (χ0n) is 21.1. The van der Waals surface area contributed by atoms with Gasteiger partial charge in [0.15, 0.2) is 5.65 Å². The van der Waals surface area contributed by atoms with E-state index in [-0.39, 0.29) is 0 Å². The zero-order chi connectivity index (χ0) is 23.7. The number of hydrogen-bond donors (Lipinski definition) is 0. The van der Waals surface area contributed by atoms with E-state index < -0.39 is 0 Å².